The van der Waals surface area contributed by atoms with Crippen LogP contribution in [-0.4, -0.2) is 31.1 Å². The van der Waals surface area contributed by atoms with Crippen molar-refractivity contribution in [3.63, 3.8) is 0 Å². The van der Waals surface area contributed by atoms with Crippen LogP contribution in [0.1, 0.15) is 35.4 Å². The first-order chi connectivity index (χ1) is 14.8. The quantitative estimate of drug-likeness (QED) is 0.538. The Kier molecular flexibility index (Phi) is 7.28. The van der Waals surface area contributed by atoms with Crippen molar-refractivity contribution in [2.24, 2.45) is 5.92 Å². The Balaban J connectivity index is 1.26. The average molecular weight is 403 g/mol. The Morgan fingerprint density at radius 3 is 1.93 bits per heavy atom. The van der Waals surface area contributed by atoms with E-state index in [9.17, 15) is 4.39 Å². The first-order valence-corrected chi connectivity index (χ1v) is 11.1. The predicted molar refractivity (Wildman–Crippen MR) is 122 cm³/mol. The molecule has 1 N–H and O–H groups in total. The molecule has 156 valence electrons. The van der Waals surface area contributed by atoms with Gasteiger partial charge in [-0.25, -0.2) is 4.39 Å². The molecule has 0 saturated carbocycles. The van der Waals surface area contributed by atoms with Gasteiger partial charge in [0.1, 0.15) is 5.82 Å². The maximum atomic E-state index is 13.1. The highest BCUT2D eigenvalue weighted by atomic mass is 19.1. The van der Waals surface area contributed by atoms with Gasteiger partial charge in [-0.15, -0.1) is 0 Å². The Labute approximate surface area is 179 Å². The summed E-state index contributed by atoms with van der Waals surface area (Å²) in [4.78, 5) is 2.49. The van der Waals surface area contributed by atoms with Gasteiger partial charge in [-0.05, 0) is 67.2 Å². The van der Waals surface area contributed by atoms with Crippen molar-refractivity contribution in [3.8, 4) is 0 Å². The van der Waals surface area contributed by atoms with Crippen LogP contribution in [0.4, 0.5) is 4.39 Å². The lowest BCUT2D eigenvalue weighted by atomic mass is 9.90. The van der Waals surface area contributed by atoms with Gasteiger partial charge in [-0.2, -0.15) is 0 Å². The minimum atomic E-state index is -0.159. The van der Waals surface area contributed by atoms with Crippen molar-refractivity contribution < 1.29 is 4.39 Å². The molecule has 1 aliphatic heterocycles. The Morgan fingerprint density at radius 2 is 1.37 bits per heavy atom. The summed E-state index contributed by atoms with van der Waals surface area (Å²) < 4.78 is 13.1. The first-order valence-electron chi connectivity index (χ1n) is 11.1. The highest BCUT2D eigenvalue weighted by Gasteiger charge is 2.20. The van der Waals surface area contributed by atoms with E-state index in [2.05, 4.69) is 70.9 Å². The summed E-state index contributed by atoms with van der Waals surface area (Å²) in [5.74, 6) is 0.945. The molecule has 1 heterocycles. The standard InChI is InChI=1S/C27H31FN2/c28-26-13-11-23(12-14-26)21-30-17-15-22(16-18-30)19-29-20-27(24-7-3-1-4-8-24)25-9-5-2-6-10-25/h1-14,22,27,29H,15-21H2. The van der Waals surface area contributed by atoms with Crippen molar-refractivity contribution in [1.82, 2.24) is 10.2 Å². The number of piperidine rings is 1. The number of halogens is 1. The van der Waals surface area contributed by atoms with Gasteiger partial charge in [0, 0.05) is 19.0 Å². The number of benzene rings is 3. The monoisotopic (exact) mass is 402 g/mol. The lowest BCUT2D eigenvalue weighted by Gasteiger charge is -2.32. The van der Waals surface area contributed by atoms with E-state index < -0.39 is 0 Å². The molecule has 1 fully saturated rings. The van der Waals surface area contributed by atoms with E-state index in [4.69, 9.17) is 0 Å². The fourth-order valence-electron chi connectivity index (χ4n) is 4.43. The molecular weight excluding hydrogens is 371 g/mol. The van der Waals surface area contributed by atoms with Crippen LogP contribution in [0.25, 0.3) is 0 Å². The average Bonchev–Trinajstić information content (AvgIpc) is 2.80. The summed E-state index contributed by atoms with van der Waals surface area (Å²) >= 11 is 0. The van der Waals surface area contributed by atoms with Crippen LogP contribution in [-0.2, 0) is 6.54 Å². The van der Waals surface area contributed by atoms with Crippen molar-refractivity contribution in [2.45, 2.75) is 25.3 Å². The highest BCUT2D eigenvalue weighted by molar-refractivity contribution is 5.32. The summed E-state index contributed by atoms with van der Waals surface area (Å²) in [5, 5.41) is 3.76. The summed E-state index contributed by atoms with van der Waals surface area (Å²) in [6, 6.07) is 28.5. The second kappa shape index (κ2) is 10.5. The molecule has 0 aromatic heterocycles. The smallest absolute Gasteiger partial charge is 0.123 e. The largest absolute Gasteiger partial charge is 0.316 e. The van der Waals surface area contributed by atoms with E-state index in [-0.39, 0.29) is 5.82 Å². The van der Waals surface area contributed by atoms with Crippen LogP contribution in [0.15, 0.2) is 84.9 Å². The van der Waals surface area contributed by atoms with E-state index in [0.29, 0.717) is 5.92 Å². The molecule has 0 atom stereocenters. The Bertz CT molecular complexity index is 832. The fraction of sp³-hybridized carbons (Fsp3) is 0.333. The topological polar surface area (TPSA) is 15.3 Å². The second-order valence-electron chi connectivity index (χ2n) is 8.38. The molecule has 0 unspecified atom stereocenters. The minimum absolute atomic E-state index is 0.159. The summed E-state index contributed by atoms with van der Waals surface area (Å²) in [7, 11) is 0. The first kappa shape index (κ1) is 20.8. The zero-order valence-electron chi connectivity index (χ0n) is 17.5. The van der Waals surface area contributed by atoms with E-state index >= 15 is 0 Å². The van der Waals surface area contributed by atoms with E-state index in [1.807, 2.05) is 12.1 Å². The Hall–Kier alpha value is -2.49. The maximum absolute atomic E-state index is 13.1. The molecule has 0 amide bonds. The molecule has 2 nitrogen and oxygen atoms in total. The minimum Gasteiger partial charge on any atom is -0.316 e. The third kappa shape index (κ3) is 5.78. The molecule has 0 aliphatic carbocycles. The molecule has 3 aromatic carbocycles. The highest BCUT2D eigenvalue weighted by Crippen LogP contribution is 2.24. The van der Waals surface area contributed by atoms with Crippen molar-refractivity contribution in [2.75, 3.05) is 26.2 Å². The number of nitrogens with zero attached hydrogens (tertiary/aromatic N) is 1. The molecule has 4 rings (SSSR count). The molecule has 3 aromatic rings. The van der Waals surface area contributed by atoms with Crippen LogP contribution in [0, 0.1) is 11.7 Å². The van der Waals surface area contributed by atoms with Gasteiger partial charge >= 0.3 is 0 Å². The summed E-state index contributed by atoms with van der Waals surface area (Å²) in [6.45, 7) is 5.18. The molecule has 1 aliphatic rings. The van der Waals surface area contributed by atoms with E-state index in [0.717, 1.165) is 38.6 Å². The van der Waals surface area contributed by atoms with Crippen LogP contribution in [0.3, 0.4) is 0 Å². The third-order valence-corrected chi connectivity index (χ3v) is 6.21. The van der Waals surface area contributed by atoms with Gasteiger partial charge in [0.15, 0.2) is 0 Å². The van der Waals surface area contributed by atoms with Crippen LogP contribution in [0.2, 0.25) is 0 Å². The zero-order valence-corrected chi connectivity index (χ0v) is 17.5. The SMILES string of the molecule is Fc1ccc(CN2CCC(CNCC(c3ccccc3)c3ccccc3)CC2)cc1. The van der Waals surface area contributed by atoms with Crippen molar-refractivity contribution in [3.05, 3.63) is 107 Å². The van der Waals surface area contributed by atoms with Crippen molar-refractivity contribution >= 4 is 0 Å². The zero-order chi connectivity index (χ0) is 20.6. The van der Waals surface area contributed by atoms with Crippen LogP contribution in [0.5, 0.6) is 0 Å². The fourth-order valence-corrected chi connectivity index (χ4v) is 4.43. The molecule has 1 saturated heterocycles. The van der Waals surface area contributed by atoms with Gasteiger partial charge in [0.2, 0.25) is 0 Å². The second-order valence-corrected chi connectivity index (χ2v) is 8.38. The number of hydrogen-bond donors (Lipinski definition) is 1. The van der Waals surface area contributed by atoms with Crippen molar-refractivity contribution in [1.29, 1.82) is 0 Å². The van der Waals surface area contributed by atoms with Crippen LogP contribution >= 0.6 is 0 Å². The molecule has 3 heteroatoms. The number of likely N-dealkylation sites (tertiary alicyclic amines) is 1. The number of rotatable bonds is 8. The normalized spacial score (nSPS) is 15.5. The number of hydrogen-bond acceptors (Lipinski definition) is 2. The molecular formula is C27H31FN2. The third-order valence-electron chi connectivity index (χ3n) is 6.21. The van der Waals surface area contributed by atoms with Gasteiger partial charge in [0.05, 0.1) is 0 Å². The lowest BCUT2D eigenvalue weighted by molar-refractivity contribution is 0.175. The van der Waals surface area contributed by atoms with Gasteiger partial charge in [0.25, 0.3) is 0 Å². The molecule has 0 spiro atoms. The molecule has 0 bridgehead atoms. The van der Waals surface area contributed by atoms with Gasteiger partial charge < -0.3 is 5.32 Å². The number of nitrogens with one attached hydrogen (secondary N) is 1. The maximum Gasteiger partial charge on any atom is 0.123 e. The van der Waals surface area contributed by atoms with E-state index in [1.165, 1.54) is 29.5 Å². The Morgan fingerprint density at radius 1 is 0.800 bits per heavy atom. The molecule has 30 heavy (non-hydrogen) atoms. The lowest BCUT2D eigenvalue weighted by Crippen LogP contribution is -2.37. The molecule has 0 radical (unpaired) electrons. The predicted octanol–water partition coefficient (Wildman–Crippen LogP) is 5.46. The summed E-state index contributed by atoms with van der Waals surface area (Å²) in [5.41, 5.74) is 3.93. The van der Waals surface area contributed by atoms with Gasteiger partial charge in [-0.1, -0.05) is 72.8 Å². The van der Waals surface area contributed by atoms with Gasteiger partial charge in [-0.3, -0.25) is 4.90 Å². The van der Waals surface area contributed by atoms with E-state index in [1.54, 1.807) is 12.1 Å². The summed E-state index contributed by atoms with van der Waals surface area (Å²) in [6.07, 6.45) is 2.44. The van der Waals surface area contributed by atoms with Crippen LogP contribution < -0.4 is 5.32 Å².